The van der Waals surface area contributed by atoms with Crippen LogP contribution in [0.3, 0.4) is 0 Å². The third kappa shape index (κ3) is 3.92. The van der Waals surface area contributed by atoms with Gasteiger partial charge in [0.1, 0.15) is 0 Å². The van der Waals surface area contributed by atoms with Crippen LogP contribution in [0.25, 0.3) is 0 Å². The van der Waals surface area contributed by atoms with Gasteiger partial charge in [-0.05, 0) is 19.1 Å². The SMILES string of the molecule is Cc1ccc(SCCC(=O)Nc2ncc[nH]2)cc1. The summed E-state index contributed by atoms with van der Waals surface area (Å²) in [5.41, 5.74) is 1.25. The molecule has 1 heterocycles. The molecule has 0 fully saturated rings. The van der Waals surface area contributed by atoms with E-state index in [1.165, 1.54) is 10.5 Å². The number of thioether (sulfide) groups is 1. The Morgan fingerprint density at radius 3 is 2.83 bits per heavy atom. The van der Waals surface area contributed by atoms with E-state index in [2.05, 4.69) is 46.5 Å². The number of aromatic nitrogens is 2. The van der Waals surface area contributed by atoms with Crippen molar-refractivity contribution in [3.63, 3.8) is 0 Å². The van der Waals surface area contributed by atoms with Gasteiger partial charge in [0.2, 0.25) is 11.9 Å². The first-order valence-electron chi connectivity index (χ1n) is 5.73. The number of amides is 1. The van der Waals surface area contributed by atoms with E-state index in [9.17, 15) is 4.79 Å². The first-order valence-corrected chi connectivity index (χ1v) is 6.71. The highest BCUT2D eigenvalue weighted by atomic mass is 32.2. The summed E-state index contributed by atoms with van der Waals surface area (Å²) in [6, 6.07) is 8.30. The number of aromatic amines is 1. The minimum atomic E-state index is -0.0236. The topological polar surface area (TPSA) is 57.8 Å². The fourth-order valence-electron chi connectivity index (χ4n) is 1.42. The number of nitrogens with zero attached hydrogens (tertiary/aromatic N) is 1. The van der Waals surface area contributed by atoms with Gasteiger partial charge in [0.05, 0.1) is 0 Å². The van der Waals surface area contributed by atoms with Gasteiger partial charge < -0.3 is 4.98 Å². The average molecular weight is 261 g/mol. The Labute approximate surface area is 110 Å². The number of anilines is 1. The largest absolute Gasteiger partial charge is 0.331 e. The van der Waals surface area contributed by atoms with Crippen LogP contribution in [0, 0.1) is 6.92 Å². The van der Waals surface area contributed by atoms with Gasteiger partial charge in [-0.25, -0.2) is 4.98 Å². The Morgan fingerprint density at radius 2 is 2.17 bits per heavy atom. The molecule has 0 bridgehead atoms. The van der Waals surface area contributed by atoms with Gasteiger partial charge in [0, 0.05) is 29.5 Å². The van der Waals surface area contributed by atoms with E-state index in [1.807, 2.05) is 0 Å². The fraction of sp³-hybridized carbons (Fsp3) is 0.231. The molecule has 18 heavy (non-hydrogen) atoms. The molecule has 0 aliphatic carbocycles. The zero-order valence-corrected chi connectivity index (χ0v) is 11.0. The van der Waals surface area contributed by atoms with Crippen LogP contribution in [0.15, 0.2) is 41.6 Å². The van der Waals surface area contributed by atoms with Crippen LogP contribution in [0.2, 0.25) is 0 Å². The summed E-state index contributed by atoms with van der Waals surface area (Å²) in [7, 11) is 0. The van der Waals surface area contributed by atoms with Crippen LogP contribution >= 0.6 is 11.8 Å². The van der Waals surface area contributed by atoms with Gasteiger partial charge in [0.15, 0.2) is 0 Å². The predicted molar refractivity (Wildman–Crippen MR) is 73.7 cm³/mol. The number of H-pyrrole nitrogens is 1. The van der Waals surface area contributed by atoms with Gasteiger partial charge in [-0.3, -0.25) is 10.1 Å². The Morgan fingerprint density at radius 1 is 1.39 bits per heavy atom. The van der Waals surface area contributed by atoms with Crippen molar-refractivity contribution in [2.24, 2.45) is 0 Å². The second-order valence-electron chi connectivity index (χ2n) is 3.90. The van der Waals surface area contributed by atoms with Crippen molar-refractivity contribution in [2.75, 3.05) is 11.1 Å². The molecule has 0 radical (unpaired) electrons. The maximum absolute atomic E-state index is 11.6. The van der Waals surface area contributed by atoms with Crippen molar-refractivity contribution >= 4 is 23.6 Å². The number of benzene rings is 1. The molecular formula is C13H15N3OS. The van der Waals surface area contributed by atoms with E-state index in [0.29, 0.717) is 12.4 Å². The van der Waals surface area contributed by atoms with Crippen LogP contribution < -0.4 is 5.32 Å². The Hall–Kier alpha value is -1.75. The van der Waals surface area contributed by atoms with Crippen molar-refractivity contribution in [3.05, 3.63) is 42.2 Å². The average Bonchev–Trinajstić information content (AvgIpc) is 2.84. The number of rotatable bonds is 5. The minimum Gasteiger partial charge on any atom is -0.331 e. The zero-order chi connectivity index (χ0) is 12.8. The summed E-state index contributed by atoms with van der Waals surface area (Å²) in [4.78, 5) is 19.5. The van der Waals surface area contributed by atoms with Crippen LogP contribution in [-0.2, 0) is 4.79 Å². The smallest absolute Gasteiger partial charge is 0.227 e. The molecule has 5 heteroatoms. The summed E-state index contributed by atoms with van der Waals surface area (Å²) >= 11 is 1.68. The molecule has 0 unspecified atom stereocenters. The van der Waals surface area contributed by atoms with Crippen LogP contribution in [-0.4, -0.2) is 21.6 Å². The van der Waals surface area contributed by atoms with Crippen LogP contribution in [0.1, 0.15) is 12.0 Å². The van der Waals surface area contributed by atoms with E-state index >= 15 is 0 Å². The number of hydrogen-bond acceptors (Lipinski definition) is 3. The number of nitrogens with one attached hydrogen (secondary N) is 2. The maximum Gasteiger partial charge on any atom is 0.227 e. The molecular weight excluding hydrogens is 246 g/mol. The lowest BCUT2D eigenvalue weighted by molar-refractivity contribution is -0.115. The van der Waals surface area contributed by atoms with Crippen LogP contribution in [0.4, 0.5) is 5.95 Å². The Bertz CT molecular complexity index is 493. The standard InChI is InChI=1S/C13H15N3OS/c1-10-2-4-11(5-3-10)18-9-6-12(17)16-13-14-7-8-15-13/h2-5,7-8H,6,9H2,1H3,(H2,14,15,16,17). The van der Waals surface area contributed by atoms with E-state index in [0.717, 1.165) is 5.75 Å². The van der Waals surface area contributed by atoms with Crippen molar-refractivity contribution < 1.29 is 4.79 Å². The number of carbonyl (C=O) groups excluding carboxylic acids is 1. The molecule has 1 aromatic heterocycles. The molecule has 4 nitrogen and oxygen atoms in total. The van der Waals surface area contributed by atoms with Gasteiger partial charge in [0.25, 0.3) is 0 Å². The predicted octanol–water partition coefficient (Wildman–Crippen LogP) is 2.84. The number of imidazole rings is 1. The summed E-state index contributed by atoms with van der Waals surface area (Å²) in [6.45, 7) is 2.06. The van der Waals surface area contributed by atoms with Crippen molar-refractivity contribution in [2.45, 2.75) is 18.2 Å². The molecule has 1 amide bonds. The fourth-order valence-corrected chi connectivity index (χ4v) is 2.28. The molecule has 0 spiro atoms. The van der Waals surface area contributed by atoms with Gasteiger partial charge >= 0.3 is 0 Å². The molecule has 0 aliphatic heterocycles. The summed E-state index contributed by atoms with van der Waals surface area (Å²) < 4.78 is 0. The van der Waals surface area contributed by atoms with Gasteiger partial charge in [-0.2, -0.15) is 0 Å². The second kappa shape index (κ2) is 6.26. The highest BCUT2D eigenvalue weighted by molar-refractivity contribution is 7.99. The summed E-state index contributed by atoms with van der Waals surface area (Å²) in [5.74, 6) is 1.24. The maximum atomic E-state index is 11.6. The number of hydrogen-bond donors (Lipinski definition) is 2. The molecule has 0 atom stereocenters. The molecule has 1 aromatic carbocycles. The Balaban J connectivity index is 1.72. The summed E-state index contributed by atoms with van der Waals surface area (Å²) in [5, 5.41) is 2.70. The van der Waals surface area contributed by atoms with Crippen LogP contribution in [0.5, 0.6) is 0 Å². The highest BCUT2D eigenvalue weighted by Crippen LogP contribution is 2.19. The molecule has 0 saturated carbocycles. The van der Waals surface area contributed by atoms with E-state index in [1.54, 1.807) is 24.2 Å². The molecule has 2 aromatic rings. The van der Waals surface area contributed by atoms with Crippen molar-refractivity contribution in [1.82, 2.24) is 9.97 Å². The third-order valence-corrected chi connectivity index (χ3v) is 3.39. The van der Waals surface area contributed by atoms with E-state index in [4.69, 9.17) is 0 Å². The normalized spacial score (nSPS) is 10.3. The van der Waals surface area contributed by atoms with Crippen molar-refractivity contribution in [1.29, 1.82) is 0 Å². The Kier molecular flexibility index (Phi) is 4.41. The lowest BCUT2D eigenvalue weighted by Crippen LogP contribution is -2.13. The zero-order valence-electron chi connectivity index (χ0n) is 10.1. The minimum absolute atomic E-state index is 0.0236. The van der Waals surface area contributed by atoms with Gasteiger partial charge in [-0.1, -0.05) is 17.7 Å². The molecule has 0 saturated heterocycles. The van der Waals surface area contributed by atoms with Crippen molar-refractivity contribution in [3.8, 4) is 0 Å². The first kappa shape index (κ1) is 12.7. The third-order valence-electron chi connectivity index (χ3n) is 2.37. The lowest BCUT2D eigenvalue weighted by Gasteiger charge is -2.03. The van der Waals surface area contributed by atoms with E-state index in [-0.39, 0.29) is 5.91 Å². The lowest BCUT2D eigenvalue weighted by atomic mass is 10.2. The monoisotopic (exact) mass is 261 g/mol. The number of aryl methyl sites for hydroxylation is 1. The molecule has 94 valence electrons. The first-order chi connectivity index (χ1) is 8.74. The van der Waals surface area contributed by atoms with E-state index < -0.39 is 0 Å². The molecule has 2 rings (SSSR count). The summed E-state index contributed by atoms with van der Waals surface area (Å²) in [6.07, 6.45) is 3.76. The number of carbonyl (C=O) groups is 1. The van der Waals surface area contributed by atoms with Gasteiger partial charge in [-0.15, -0.1) is 11.8 Å². The second-order valence-corrected chi connectivity index (χ2v) is 5.07. The quantitative estimate of drug-likeness (QED) is 0.814. The molecule has 2 N–H and O–H groups in total. The molecule has 0 aliphatic rings. The highest BCUT2D eigenvalue weighted by Gasteiger charge is 2.03.